The van der Waals surface area contributed by atoms with E-state index in [1.54, 1.807) is 4.90 Å². The summed E-state index contributed by atoms with van der Waals surface area (Å²) in [5, 5.41) is 2.49. The fourth-order valence-corrected chi connectivity index (χ4v) is 4.00. The Morgan fingerprint density at radius 3 is 2.44 bits per heavy atom. The van der Waals surface area contributed by atoms with Crippen molar-refractivity contribution in [2.75, 3.05) is 25.0 Å². The van der Waals surface area contributed by atoms with Crippen LogP contribution in [0.4, 0.5) is 28.0 Å². The van der Waals surface area contributed by atoms with Gasteiger partial charge in [0, 0.05) is 31.4 Å². The molecule has 8 heteroatoms. The van der Waals surface area contributed by atoms with Crippen molar-refractivity contribution in [3.8, 4) is 0 Å². The maximum atomic E-state index is 13.8. The molecule has 0 bridgehead atoms. The number of piperidine rings is 1. The van der Waals surface area contributed by atoms with E-state index in [0.29, 0.717) is 12.6 Å². The highest BCUT2D eigenvalue weighted by Crippen LogP contribution is 2.32. The van der Waals surface area contributed by atoms with Gasteiger partial charge < -0.3 is 15.1 Å². The highest BCUT2D eigenvalue weighted by molar-refractivity contribution is 5.89. The number of amides is 2. The summed E-state index contributed by atoms with van der Waals surface area (Å²) in [5.41, 5.74) is -0.418. The highest BCUT2D eigenvalue weighted by atomic mass is 19.4. The van der Waals surface area contributed by atoms with E-state index in [4.69, 9.17) is 0 Å². The fraction of sp³-hybridized carbons (Fsp3) is 0.458. The van der Waals surface area contributed by atoms with Crippen molar-refractivity contribution in [2.45, 2.75) is 51.4 Å². The monoisotopic (exact) mass is 451 g/mol. The van der Waals surface area contributed by atoms with E-state index in [1.807, 2.05) is 30.3 Å². The molecule has 0 unspecified atom stereocenters. The standard InChI is InChI=1S/C24H29F4N3O/c1-2-3-11-30-12-9-22(10-13-30)31(17-18-7-5-4-6-8-18)23(32)29-21-15-19(24(26,27)28)14-20(25)16-21/h4-8,14-16,22H,2-3,9-13,17H2,1H3,(H,29,32). The number of halogens is 4. The molecule has 1 aliphatic heterocycles. The van der Waals surface area contributed by atoms with E-state index in [1.165, 1.54) is 0 Å². The van der Waals surface area contributed by atoms with E-state index in [2.05, 4.69) is 17.1 Å². The summed E-state index contributed by atoms with van der Waals surface area (Å²) >= 11 is 0. The molecular formula is C24H29F4N3O. The van der Waals surface area contributed by atoms with Crippen LogP contribution in [0.2, 0.25) is 0 Å². The minimum absolute atomic E-state index is 0.0521. The molecule has 0 aromatic heterocycles. The smallest absolute Gasteiger partial charge is 0.317 e. The van der Waals surface area contributed by atoms with Gasteiger partial charge in [0.15, 0.2) is 0 Å². The van der Waals surface area contributed by atoms with E-state index in [-0.39, 0.29) is 11.7 Å². The number of nitrogens with zero attached hydrogens (tertiary/aromatic N) is 2. The Morgan fingerprint density at radius 2 is 1.81 bits per heavy atom. The SMILES string of the molecule is CCCCN1CCC(N(Cc2ccccc2)C(=O)Nc2cc(F)cc(C(F)(F)F)c2)CC1. The Morgan fingerprint density at radius 1 is 1.12 bits per heavy atom. The molecule has 4 nitrogen and oxygen atoms in total. The van der Waals surface area contributed by atoms with Gasteiger partial charge >= 0.3 is 12.2 Å². The summed E-state index contributed by atoms with van der Waals surface area (Å²) < 4.78 is 52.9. The number of unbranched alkanes of at least 4 members (excludes halogenated alkanes) is 1. The minimum Gasteiger partial charge on any atom is -0.317 e. The van der Waals surface area contributed by atoms with Crippen LogP contribution < -0.4 is 5.32 Å². The van der Waals surface area contributed by atoms with Gasteiger partial charge in [-0.1, -0.05) is 43.7 Å². The number of urea groups is 1. The number of hydrogen-bond donors (Lipinski definition) is 1. The van der Waals surface area contributed by atoms with Crippen LogP contribution in [0.5, 0.6) is 0 Å². The average molecular weight is 452 g/mol. The first kappa shape index (κ1) is 24.0. The Bertz CT molecular complexity index is 881. The van der Waals surface area contributed by atoms with Gasteiger partial charge in [-0.15, -0.1) is 0 Å². The number of anilines is 1. The minimum atomic E-state index is -4.70. The lowest BCUT2D eigenvalue weighted by atomic mass is 10.0. The lowest BCUT2D eigenvalue weighted by Crippen LogP contribution is -2.48. The van der Waals surface area contributed by atoms with Crippen molar-refractivity contribution in [2.24, 2.45) is 0 Å². The number of likely N-dealkylation sites (tertiary alicyclic amines) is 1. The number of nitrogens with one attached hydrogen (secondary N) is 1. The third-order valence-corrected chi connectivity index (χ3v) is 5.76. The maximum Gasteiger partial charge on any atom is 0.416 e. The molecule has 1 heterocycles. The van der Waals surface area contributed by atoms with Crippen molar-refractivity contribution in [1.29, 1.82) is 0 Å². The molecule has 0 aliphatic carbocycles. The fourth-order valence-electron chi connectivity index (χ4n) is 4.00. The van der Waals surface area contributed by atoms with Crippen LogP contribution in [0.3, 0.4) is 0 Å². The Hall–Kier alpha value is -2.61. The summed E-state index contributed by atoms with van der Waals surface area (Å²) in [6, 6.07) is 10.9. The van der Waals surface area contributed by atoms with Crippen molar-refractivity contribution in [1.82, 2.24) is 9.80 Å². The number of carbonyl (C=O) groups is 1. The van der Waals surface area contributed by atoms with Gasteiger partial charge in [-0.2, -0.15) is 13.2 Å². The molecule has 1 aliphatic rings. The topological polar surface area (TPSA) is 35.6 Å². The molecule has 32 heavy (non-hydrogen) atoms. The summed E-state index contributed by atoms with van der Waals surface area (Å²) in [5.74, 6) is -1.05. The second kappa shape index (κ2) is 10.8. The molecule has 0 spiro atoms. The zero-order chi connectivity index (χ0) is 23.1. The van der Waals surface area contributed by atoms with Gasteiger partial charge in [-0.25, -0.2) is 9.18 Å². The molecule has 0 atom stereocenters. The zero-order valence-electron chi connectivity index (χ0n) is 18.2. The molecule has 0 radical (unpaired) electrons. The van der Waals surface area contributed by atoms with E-state index in [0.717, 1.165) is 63.0 Å². The molecule has 0 saturated carbocycles. The number of rotatable bonds is 7. The first-order chi connectivity index (χ1) is 15.3. The zero-order valence-corrected chi connectivity index (χ0v) is 18.2. The number of carbonyl (C=O) groups excluding carboxylic acids is 1. The maximum absolute atomic E-state index is 13.8. The molecule has 2 amide bonds. The van der Waals surface area contributed by atoms with Crippen LogP contribution in [0.1, 0.15) is 43.7 Å². The van der Waals surface area contributed by atoms with E-state index < -0.39 is 23.6 Å². The first-order valence-electron chi connectivity index (χ1n) is 11.0. The van der Waals surface area contributed by atoms with Gasteiger partial charge in [0.05, 0.1) is 5.56 Å². The van der Waals surface area contributed by atoms with Crippen LogP contribution in [0, 0.1) is 5.82 Å². The van der Waals surface area contributed by atoms with Crippen molar-refractivity contribution < 1.29 is 22.4 Å². The van der Waals surface area contributed by atoms with Crippen LogP contribution in [0.15, 0.2) is 48.5 Å². The molecule has 3 rings (SSSR count). The van der Waals surface area contributed by atoms with E-state index in [9.17, 15) is 22.4 Å². The number of hydrogen-bond acceptors (Lipinski definition) is 2. The Labute approximate surface area is 186 Å². The van der Waals surface area contributed by atoms with Crippen LogP contribution in [0.25, 0.3) is 0 Å². The molecular weight excluding hydrogens is 422 g/mol. The molecule has 1 saturated heterocycles. The number of benzene rings is 2. The summed E-state index contributed by atoms with van der Waals surface area (Å²) in [4.78, 5) is 17.2. The lowest BCUT2D eigenvalue weighted by Gasteiger charge is -2.38. The van der Waals surface area contributed by atoms with Gasteiger partial charge in [-0.3, -0.25) is 0 Å². The molecule has 1 N–H and O–H groups in total. The lowest BCUT2D eigenvalue weighted by molar-refractivity contribution is -0.137. The molecule has 174 valence electrons. The summed E-state index contributed by atoms with van der Waals surface area (Å²) in [6.07, 6.45) is -0.894. The second-order valence-electron chi connectivity index (χ2n) is 8.20. The molecule has 2 aromatic rings. The van der Waals surface area contributed by atoms with Gasteiger partial charge in [0.2, 0.25) is 0 Å². The predicted octanol–water partition coefficient (Wildman–Crippen LogP) is 6.14. The molecule has 2 aromatic carbocycles. The van der Waals surface area contributed by atoms with Gasteiger partial charge in [-0.05, 0) is 49.6 Å². The summed E-state index contributed by atoms with van der Waals surface area (Å²) in [7, 11) is 0. The predicted molar refractivity (Wildman–Crippen MR) is 117 cm³/mol. The highest BCUT2D eigenvalue weighted by Gasteiger charge is 2.32. The third-order valence-electron chi connectivity index (χ3n) is 5.76. The van der Waals surface area contributed by atoms with Crippen molar-refractivity contribution >= 4 is 11.7 Å². The van der Waals surface area contributed by atoms with Crippen LogP contribution in [-0.2, 0) is 12.7 Å². The Kier molecular flexibility index (Phi) is 8.12. The largest absolute Gasteiger partial charge is 0.416 e. The van der Waals surface area contributed by atoms with Gasteiger partial charge in [0.1, 0.15) is 5.82 Å². The third kappa shape index (κ3) is 6.69. The Balaban J connectivity index is 1.76. The normalized spacial score (nSPS) is 15.5. The summed E-state index contributed by atoms with van der Waals surface area (Å²) in [6.45, 7) is 5.23. The van der Waals surface area contributed by atoms with Crippen LogP contribution >= 0.6 is 0 Å². The van der Waals surface area contributed by atoms with Crippen LogP contribution in [-0.4, -0.2) is 41.5 Å². The van der Waals surface area contributed by atoms with Gasteiger partial charge in [0.25, 0.3) is 0 Å². The van der Waals surface area contributed by atoms with E-state index >= 15 is 0 Å². The quantitative estimate of drug-likeness (QED) is 0.513. The van der Waals surface area contributed by atoms with Crippen molar-refractivity contribution in [3.05, 3.63) is 65.5 Å². The molecule has 1 fully saturated rings. The second-order valence-corrected chi connectivity index (χ2v) is 8.20. The van der Waals surface area contributed by atoms with Crippen molar-refractivity contribution in [3.63, 3.8) is 0 Å². The average Bonchev–Trinajstić information content (AvgIpc) is 2.76. The number of alkyl halides is 3. The first-order valence-corrected chi connectivity index (χ1v) is 11.0.